The molecule has 2 amide bonds. The molecule has 1 aromatic carbocycles. The molecule has 0 fully saturated rings. The van der Waals surface area contributed by atoms with Gasteiger partial charge in [-0.1, -0.05) is 6.07 Å². The van der Waals surface area contributed by atoms with Crippen LogP contribution in [0.1, 0.15) is 20.7 Å². The number of carbonyl (C=O) groups is 2. The summed E-state index contributed by atoms with van der Waals surface area (Å²) in [6.07, 6.45) is 0. The van der Waals surface area contributed by atoms with Crippen LogP contribution in [-0.4, -0.2) is 35.9 Å². The van der Waals surface area contributed by atoms with E-state index in [1.54, 1.807) is 14.1 Å². The van der Waals surface area contributed by atoms with Gasteiger partial charge in [-0.25, -0.2) is 0 Å². The maximum Gasteiger partial charge on any atom is 0.254 e. The lowest BCUT2D eigenvalue weighted by Crippen LogP contribution is -2.25. The number of rotatable bonds is 2. The van der Waals surface area contributed by atoms with Gasteiger partial charge in [-0.05, 0) is 12.1 Å². The minimum atomic E-state index is -0.821. The highest BCUT2D eigenvalue weighted by Gasteiger charge is 2.19. The van der Waals surface area contributed by atoms with Gasteiger partial charge >= 0.3 is 0 Å². The van der Waals surface area contributed by atoms with Crippen molar-refractivity contribution in [1.29, 1.82) is 0 Å². The van der Waals surface area contributed by atoms with Gasteiger partial charge in [0.15, 0.2) is 0 Å². The van der Waals surface area contributed by atoms with Gasteiger partial charge in [0.25, 0.3) is 11.8 Å². The fourth-order valence-corrected chi connectivity index (χ4v) is 1.22. The molecule has 0 aliphatic heterocycles. The lowest BCUT2D eigenvalue weighted by atomic mass is 10.0. The molecule has 0 bridgehead atoms. The molecule has 5 heteroatoms. The van der Waals surface area contributed by atoms with Gasteiger partial charge < -0.3 is 15.7 Å². The van der Waals surface area contributed by atoms with Crippen LogP contribution in [0.15, 0.2) is 18.2 Å². The van der Waals surface area contributed by atoms with Crippen LogP contribution in [0.2, 0.25) is 0 Å². The molecule has 0 saturated heterocycles. The molecule has 0 unspecified atom stereocenters. The van der Waals surface area contributed by atoms with Crippen molar-refractivity contribution in [2.45, 2.75) is 0 Å². The summed E-state index contributed by atoms with van der Waals surface area (Å²) >= 11 is 0. The Morgan fingerprint density at radius 3 is 2.40 bits per heavy atom. The lowest BCUT2D eigenvalue weighted by molar-refractivity contribution is 0.0820. The third-order valence-corrected chi connectivity index (χ3v) is 1.93. The van der Waals surface area contributed by atoms with Gasteiger partial charge in [-0.3, -0.25) is 9.59 Å². The summed E-state index contributed by atoms with van der Waals surface area (Å²) < 4.78 is 0. The number of hydrogen-bond acceptors (Lipinski definition) is 3. The van der Waals surface area contributed by atoms with E-state index in [1.807, 2.05) is 0 Å². The molecular weight excluding hydrogens is 196 g/mol. The van der Waals surface area contributed by atoms with E-state index in [-0.39, 0.29) is 22.8 Å². The number of amides is 2. The monoisotopic (exact) mass is 208 g/mol. The van der Waals surface area contributed by atoms with Gasteiger partial charge in [0, 0.05) is 14.1 Å². The van der Waals surface area contributed by atoms with Crippen LogP contribution in [0, 0.1) is 0 Å². The molecule has 0 saturated carbocycles. The van der Waals surface area contributed by atoms with Crippen molar-refractivity contribution < 1.29 is 14.7 Å². The van der Waals surface area contributed by atoms with Crippen molar-refractivity contribution in [3.8, 4) is 5.75 Å². The van der Waals surface area contributed by atoms with E-state index in [9.17, 15) is 14.7 Å². The van der Waals surface area contributed by atoms with Crippen LogP contribution in [0.4, 0.5) is 0 Å². The van der Waals surface area contributed by atoms with Crippen LogP contribution in [0.25, 0.3) is 0 Å². The zero-order valence-electron chi connectivity index (χ0n) is 8.52. The molecule has 0 aliphatic carbocycles. The normalized spacial score (nSPS) is 9.73. The molecule has 1 aromatic rings. The van der Waals surface area contributed by atoms with E-state index in [0.29, 0.717) is 0 Å². The number of benzene rings is 1. The molecule has 5 nitrogen and oxygen atoms in total. The summed E-state index contributed by atoms with van der Waals surface area (Å²) in [5, 5.41) is 9.42. The highest BCUT2D eigenvalue weighted by Crippen LogP contribution is 2.21. The molecule has 0 heterocycles. The van der Waals surface area contributed by atoms with Gasteiger partial charge in [-0.15, -0.1) is 0 Å². The summed E-state index contributed by atoms with van der Waals surface area (Å²) in [6.45, 7) is 0. The summed E-state index contributed by atoms with van der Waals surface area (Å²) in [5.41, 5.74) is 5.05. The Labute approximate surface area is 87.1 Å². The SMILES string of the molecule is CN(C)C(=O)c1cccc(O)c1C(N)=O. The molecule has 15 heavy (non-hydrogen) atoms. The van der Waals surface area contributed by atoms with Crippen LogP contribution in [-0.2, 0) is 0 Å². The van der Waals surface area contributed by atoms with Crippen molar-refractivity contribution in [3.63, 3.8) is 0 Å². The highest BCUT2D eigenvalue weighted by molar-refractivity contribution is 6.08. The highest BCUT2D eigenvalue weighted by atomic mass is 16.3. The second kappa shape index (κ2) is 4.00. The first kappa shape index (κ1) is 11.0. The number of hydrogen-bond donors (Lipinski definition) is 2. The Morgan fingerprint density at radius 1 is 1.33 bits per heavy atom. The lowest BCUT2D eigenvalue weighted by Gasteiger charge is -2.13. The second-order valence-corrected chi connectivity index (χ2v) is 3.26. The van der Waals surface area contributed by atoms with E-state index in [1.165, 1.54) is 23.1 Å². The average Bonchev–Trinajstić information content (AvgIpc) is 2.15. The molecule has 80 valence electrons. The van der Waals surface area contributed by atoms with Crippen molar-refractivity contribution >= 4 is 11.8 Å². The zero-order chi connectivity index (χ0) is 11.6. The third kappa shape index (κ3) is 2.07. The first-order valence-corrected chi connectivity index (χ1v) is 4.28. The predicted octanol–water partition coefficient (Wildman–Crippen LogP) is 0.193. The van der Waals surface area contributed by atoms with E-state index in [0.717, 1.165) is 0 Å². The van der Waals surface area contributed by atoms with Crippen molar-refractivity contribution in [3.05, 3.63) is 29.3 Å². The number of phenols is 1. The largest absolute Gasteiger partial charge is 0.507 e. The fourth-order valence-electron chi connectivity index (χ4n) is 1.22. The molecule has 0 aromatic heterocycles. The first-order chi connectivity index (χ1) is 6.95. The predicted molar refractivity (Wildman–Crippen MR) is 54.6 cm³/mol. The van der Waals surface area contributed by atoms with E-state index in [4.69, 9.17) is 5.73 Å². The number of primary amides is 1. The number of nitrogens with two attached hydrogens (primary N) is 1. The van der Waals surface area contributed by atoms with Crippen molar-refractivity contribution in [2.75, 3.05) is 14.1 Å². The molecular formula is C10H12N2O3. The van der Waals surface area contributed by atoms with Crippen molar-refractivity contribution in [1.82, 2.24) is 4.90 Å². The zero-order valence-corrected chi connectivity index (χ0v) is 8.52. The van der Waals surface area contributed by atoms with Crippen LogP contribution in [0.3, 0.4) is 0 Å². The number of aromatic hydroxyl groups is 1. The fraction of sp³-hybridized carbons (Fsp3) is 0.200. The molecule has 0 spiro atoms. The maximum absolute atomic E-state index is 11.6. The molecule has 0 radical (unpaired) electrons. The molecule has 0 atom stereocenters. The first-order valence-electron chi connectivity index (χ1n) is 4.28. The van der Waals surface area contributed by atoms with E-state index >= 15 is 0 Å². The van der Waals surface area contributed by atoms with E-state index in [2.05, 4.69) is 0 Å². The molecule has 3 N–H and O–H groups in total. The Bertz CT molecular complexity index is 413. The Hall–Kier alpha value is -2.04. The minimum Gasteiger partial charge on any atom is -0.507 e. The Balaban J connectivity index is 3.35. The standard InChI is InChI=1S/C10H12N2O3/c1-12(2)10(15)6-4-3-5-7(13)8(6)9(11)14/h3-5,13H,1-2H3,(H2,11,14). The summed E-state index contributed by atoms with van der Waals surface area (Å²) in [6, 6.07) is 4.24. The third-order valence-electron chi connectivity index (χ3n) is 1.93. The van der Waals surface area contributed by atoms with E-state index < -0.39 is 5.91 Å². The van der Waals surface area contributed by atoms with Gasteiger partial charge in [0.1, 0.15) is 5.75 Å². The average molecular weight is 208 g/mol. The maximum atomic E-state index is 11.6. The second-order valence-electron chi connectivity index (χ2n) is 3.26. The number of nitrogens with zero attached hydrogens (tertiary/aromatic N) is 1. The smallest absolute Gasteiger partial charge is 0.254 e. The quantitative estimate of drug-likeness (QED) is 0.727. The topological polar surface area (TPSA) is 83.6 Å². The summed E-state index contributed by atoms with van der Waals surface area (Å²) in [5.74, 6) is -1.48. The molecule has 1 rings (SSSR count). The Kier molecular flexibility index (Phi) is 2.94. The van der Waals surface area contributed by atoms with Gasteiger partial charge in [0.05, 0.1) is 11.1 Å². The van der Waals surface area contributed by atoms with Gasteiger partial charge in [-0.2, -0.15) is 0 Å². The van der Waals surface area contributed by atoms with Crippen LogP contribution >= 0.6 is 0 Å². The number of carbonyl (C=O) groups excluding carboxylic acids is 2. The molecule has 0 aliphatic rings. The van der Waals surface area contributed by atoms with Crippen LogP contribution in [0.5, 0.6) is 5.75 Å². The Morgan fingerprint density at radius 2 is 1.93 bits per heavy atom. The summed E-state index contributed by atoms with van der Waals surface area (Å²) in [4.78, 5) is 24.0. The summed E-state index contributed by atoms with van der Waals surface area (Å²) in [7, 11) is 3.11. The van der Waals surface area contributed by atoms with Crippen LogP contribution < -0.4 is 5.73 Å². The minimum absolute atomic E-state index is 0.104. The van der Waals surface area contributed by atoms with Gasteiger partial charge in [0.2, 0.25) is 0 Å². The van der Waals surface area contributed by atoms with Crippen molar-refractivity contribution in [2.24, 2.45) is 5.73 Å².